The molecule has 2 atom stereocenters. The first-order valence-electron chi connectivity index (χ1n) is 5.78. The van der Waals surface area contributed by atoms with Crippen LogP contribution in [0.15, 0.2) is 0 Å². The van der Waals surface area contributed by atoms with Crippen molar-refractivity contribution in [2.24, 2.45) is 5.92 Å². The molecule has 0 spiro atoms. The van der Waals surface area contributed by atoms with E-state index in [1.165, 1.54) is 0 Å². The molecule has 94 valence electrons. The van der Waals surface area contributed by atoms with Gasteiger partial charge in [-0.15, -0.1) is 0 Å². The van der Waals surface area contributed by atoms with Crippen LogP contribution in [0.4, 0.5) is 5.82 Å². The second kappa shape index (κ2) is 4.75. The van der Waals surface area contributed by atoms with Crippen molar-refractivity contribution in [2.45, 2.75) is 26.3 Å². The summed E-state index contributed by atoms with van der Waals surface area (Å²) >= 11 is 0. The summed E-state index contributed by atoms with van der Waals surface area (Å²) in [4.78, 5) is 12.0. The van der Waals surface area contributed by atoms with Gasteiger partial charge in [0.05, 0.1) is 6.61 Å². The average molecular weight is 238 g/mol. The lowest BCUT2D eigenvalue weighted by atomic mass is 10.0. The van der Waals surface area contributed by atoms with E-state index < -0.39 is 0 Å². The van der Waals surface area contributed by atoms with E-state index in [0.29, 0.717) is 23.8 Å². The van der Waals surface area contributed by atoms with Crippen molar-refractivity contribution in [1.29, 1.82) is 0 Å². The van der Waals surface area contributed by atoms with Crippen molar-refractivity contribution in [3.63, 3.8) is 0 Å². The molecule has 1 aromatic rings. The maximum Gasteiger partial charge on any atom is 0.257 e. The van der Waals surface area contributed by atoms with Crippen LogP contribution in [0.25, 0.3) is 0 Å². The van der Waals surface area contributed by atoms with Crippen LogP contribution in [-0.2, 0) is 4.74 Å². The number of nitrogens with zero attached hydrogens (tertiary/aromatic N) is 1. The minimum Gasteiger partial charge on any atom is -0.382 e. The number of carbonyl (C=O) groups excluding carboxylic acids is 1. The molecule has 1 amide bonds. The normalized spacial score (nSPS) is 21.4. The van der Waals surface area contributed by atoms with E-state index in [1.807, 2.05) is 6.92 Å². The molecule has 0 aliphatic carbocycles. The van der Waals surface area contributed by atoms with E-state index in [1.54, 1.807) is 6.92 Å². The second-order valence-electron chi connectivity index (χ2n) is 4.49. The maximum atomic E-state index is 12.0. The Bertz CT molecular complexity index is 390. The van der Waals surface area contributed by atoms with Crippen LogP contribution in [0.1, 0.15) is 29.4 Å². The molecule has 0 bridgehead atoms. The van der Waals surface area contributed by atoms with E-state index in [9.17, 15) is 4.79 Å². The topological polar surface area (TPSA) is 93.0 Å². The molecule has 0 aromatic carbocycles. The number of anilines is 1. The van der Waals surface area contributed by atoms with Gasteiger partial charge in [-0.05, 0) is 20.3 Å². The molecule has 17 heavy (non-hydrogen) atoms. The third-order valence-corrected chi connectivity index (χ3v) is 3.23. The number of nitrogen functional groups attached to an aromatic ring is 1. The van der Waals surface area contributed by atoms with E-state index >= 15 is 0 Å². The lowest BCUT2D eigenvalue weighted by Gasteiger charge is -2.19. The van der Waals surface area contributed by atoms with Gasteiger partial charge in [0.15, 0.2) is 5.82 Å². The molecule has 6 heteroatoms. The zero-order valence-corrected chi connectivity index (χ0v) is 10.1. The first kappa shape index (κ1) is 11.9. The zero-order chi connectivity index (χ0) is 12.4. The fraction of sp³-hybridized carbons (Fsp3) is 0.636. The summed E-state index contributed by atoms with van der Waals surface area (Å²) < 4.78 is 5.30. The standard InChI is InChI=1S/C11H18N4O2/c1-6(8-3-4-17-5-8)13-11(16)9-7(2)14-15-10(9)12/h6,8H,3-5H2,1-2H3,(H,13,16)(H3,12,14,15). The fourth-order valence-corrected chi connectivity index (χ4v) is 2.08. The van der Waals surface area contributed by atoms with Crippen molar-refractivity contribution >= 4 is 11.7 Å². The molecule has 1 aliphatic heterocycles. The Hall–Kier alpha value is -1.56. The van der Waals surface area contributed by atoms with Gasteiger partial charge in [0.25, 0.3) is 5.91 Å². The molecule has 2 rings (SSSR count). The molecule has 0 radical (unpaired) electrons. The van der Waals surface area contributed by atoms with E-state index in [0.717, 1.165) is 13.0 Å². The number of aromatic nitrogens is 2. The number of nitrogens with one attached hydrogen (secondary N) is 2. The first-order valence-corrected chi connectivity index (χ1v) is 5.78. The van der Waals surface area contributed by atoms with Crippen LogP contribution in [0.3, 0.4) is 0 Å². The Kier molecular flexibility index (Phi) is 3.33. The SMILES string of the molecule is Cc1[nH]nc(N)c1C(=O)NC(C)C1CCOC1. The largest absolute Gasteiger partial charge is 0.382 e. The van der Waals surface area contributed by atoms with Crippen LogP contribution < -0.4 is 11.1 Å². The van der Waals surface area contributed by atoms with Crippen molar-refractivity contribution in [1.82, 2.24) is 15.5 Å². The van der Waals surface area contributed by atoms with Gasteiger partial charge in [-0.2, -0.15) is 5.10 Å². The van der Waals surface area contributed by atoms with Gasteiger partial charge in [0.2, 0.25) is 0 Å². The lowest BCUT2D eigenvalue weighted by Crippen LogP contribution is -2.38. The smallest absolute Gasteiger partial charge is 0.257 e. The van der Waals surface area contributed by atoms with E-state index in [2.05, 4.69) is 15.5 Å². The number of nitrogens with two attached hydrogens (primary N) is 1. The van der Waals surface area contributed by atoms with E-state index in [-0.39, 0.29) is 17.8 Å². The number of carbonyl (C=O) groups is 1. The highest BCUT2D eigenvalue weighted by atomic mass is 16.5. The molecular formula is C11H18N4O2. The van der Waals surface area contributed by atoms with Gasteiger partial charge in [-0.1, -0.05) is 0 Å². The highest BCUT2D eigenvalue weighted by molar-refractivity contribution is 5.99. The number of hydrogen-bond acceptors (Lipinski definition) is 4. The number of rotatable bonds is 3. The van der Waals surface area contributed by atoms with Gasteiger partial charge >= 0.3 is 0 Å². The maximum absolute atomic E-state index is 12.0. The molecule has 0 saturated carbocycles. The third-order valence-electron chi connectivity index (χ3n) is 3.23. The molecule has 1 aliphatic rings. The highest BCUT2D eigenvalue weighted by Gasteiger charge is 2.25. The number of aromatic amines is 1. The average Bonchev–Trinajstić information content (AvgIpc) is 2.88. The summed E-state index contributed by atoms with van der Waals surface area (Å²) in [5.74, 6) is 0.454. The number of aryl methyl sites for hydroxylation is 1. The molecule has 2 unspecified atom stereocenters. The van der Waals surface area contributed by atoms with Gasteiger partial charge in [0.1, 0.15) is 5.56 Å². The zero-order valence-electron chi connectivity index (χ0n) is 10.1. The molecule has 4 N–H and O–H groups in total. The van der Waals surface area contributed by atoms with Gasteiger partial charge in [-0.3, -0.25) is 9.89 Å². The molecule has 1 aromatic heterocycles. The predicted molar refractivity (Wildman–Crippen MR) is 63.6 cm³/mol. The second-order valence-corrected chi connectivity index (χ2v) is 4.49. The number of amides is 1. The molecule has 1 fully saturated rings. The Morgan fingerprint density at radius 3 is 3.00 bits per heavy atom. The fourth-order valence-electron chi connectivity index (χ4n) is 2.08. The van der Waals surface area contributed by atoms with Crippen LogP contribution in [0.2, 0.25) is 0 Å². The summed E-state index contributed by atoms with van der Waals surface area (Å²) in [7, 11) is 0. The molecule has 6 nitrogen and oxygen atoms in total. The quantitative estimate of drug-likeness (QED) is 0.713. The minimum absolute atomic E-state index is 0.0821. The van der Waals surface area contributed by atoms with Gasteiger partial charge in [0, 0.05) is 24.3 Å². The van der Waals surface area contributed by atoms with Crippen molar-refractivity contribution in [3.05, 3.63) is 11.3 Å². The summed E-state index contributed by atoms with van der Waals surface area (Å²) in [5, 5.41) is 9.46. The van der Waals surface area contributed by atoms with Crippen LogP contribution in [0, 0.1) is 12.8 Å². The van der Waals surface area contributed by atoms with Crippen molar-refractivity contribution < 1.29 is 9.53 Å². The van der Waals surface area contributed by atoms with Crippen LogP contribution in [0.5, 0.6) is 0 Å². The van der Waals surface area contributed by atoms with Gasteiger partial charge < -0.3 is 15.8 Å². The summed E-state index contributed by atoms with van der Waals surface area (Å²) in [6.07, 6.45) is 0.987. The highest BCUT2D eigenvalue weighted by Crippen LogP contribution is 2.18. The van der Waals surface area contributed by atoms with E-state index in [4.69, 9.17) is 10.5 Å². The Morgan fingerprint density at radius 2 is 2.47 bits per heavy atom. The molecular weight excluding hydrogens is 220 g/mol. The monoisotopic (exact) mass is 238 g/mol. The van der Waals surface area contributed by atoms with Crippen molar-refractivity contribution in [3.8, 4) is 0 Å². The number of H-pyrrole nitrogens is 1. The first-order chi connectivity index (χ1) is 8.09. The minimum atomic E-state index is -0.173. The van der Waals surface area contributed by atoms with Crippen LogP contribution >= 0.6 is 0 Å². The Labute approximate surface area is 99.9 Å². The third kappa shape index (κ3) is 2.41. The number of ether oxygens (including phenoxy) is 1. The summed E-state index contributed by atoms with van der Waals surface area (Å²) in [6, 6.07) is 0.0821. The summed E-state index contributed by atoms with van der Waals surface area (Å²) in [5.41, 5.74) is 6.77. The lowest BCUT2D eigenvalue weighted by molar-refractivity contribution is 0.0922. The Balaban J connectivity index is 2.01. The molecule has 1 saturated heterocycles. The number of hydrogen-bond donors (Lipinski definition) is 3. The predicted octanol–water partition coefficient (Wildman–Crippen LogP) is 0.455. The summed E-state index contributed by atoms with van der Waals surface area (Å²) in [6.45, 7) is 5.25. The van der Waals surface area contributed by atoms with Crippen molar-refractivity contribution in [2.75, 3.05) is 18.9 Å². The van der Waals surface area contributed by atoms with Crippen LogP contribution in [-0.4, -0.2) is 35.4 Å². The van der Waals surface area contributed by atoms with Gasteiger partial charge in [-0.25, -0.2) is 0 Å². The molecule has 2 heterocycles. The Morgan fingerprint density at radius 1 is 1.71 bits per heavy atom.